The highest BCUT2D eigenvalue weighted by molar-refractivity contribution is 7.89. The van der Waals surface area contributed by atoms with Gasteiger partial charge in [0.05, 0.1) is 4.90 Å². The minimum atomic E-state index is -3.74. The summed E-state index contributed by atoms with van der Waals surface area (Å²) in [5.74, 6) is -0.583. The van der Waals surface area contributed by atoms with Gasteiger partial charge in [0, 0.05) is 5.69 Å². The lowest BCUT2D eigenvalue weighted by Gasteiger charge is -2.16. The van der Waals surface area contributed by atoms with Crippen molar-refractivity contribution in [3.63, 3.8) is 0 Å². The van der Waals surface area contributed by atoms with E-state index < -0.39 is 21.5 Å². The summed E-state index contributed by atoms with van der Waals surface area (Å²) in [6.45, 7) is 2.70. The van der Waals surface area contributed by atoms with Crippen LogP contribution in [-0.2, 0) is 14.8 Å². The molecule has 0 bridgehead atoms. The fourth-order valence-corrected chi connectivity index (χ4v) is 1.53. The van der Waals surface area contributed by atoms with Crippen LogP contribution in [0.4, 0.5) is 5.69 Å². The molecule has 0 aliphatic rings. The van der Waals surface area contributed by atoms with Crippen LogP contribution < -0.4 is 10.5 Å². The first-order valence-corrected chi connectivity index (χ1v) is 6.32. The summed E-state index contributed by atoms with van der Waals surface area (Å²) in [4.78, 5) is 11.4. The fourth-order valence-electron chi connectivity index (χ4n) is 1.01. The zero-order chi connectivity index (χ0) is 13.3. The van der Waals surface area contributed by atoms with Crippen molar-refractivity contribution in [3.8, 4) is 0 Å². The summed E-state index contributed by atoms with van der Waals surface area (Å²) in [5, 5.41) is 16.8. The number of carbonyl (C=O) groups excluding carboxylic acids is 1. The number of benzene rings is 1. The minimum Gasteiger partial charge on any atom is -0.381 e. The summed E-state index contributed by atoms with van der Waals surface area (Å²) in [6, 6.07) is 5.33. The van der Waals surface area contributed by atoms with Crippen LogP contribution in [0, 0.1) is 0 Å². The number of aliphatic hydroxyl groups is 1. The smallest absolute Gasteiger partial charge is 0.255 e. The maximum atomic E-state index is 11.4. The Labute approximate surface area is 99.5 Å². The Morgan fingerprint density at radius 2 is 1.76 bits per heavy atom. The minimum absolute atomic E-state index is 0.0428. The molecule has 6 nitrogen and oxygen atoms in total. The first-order chi connectivity index (χ1) is 7.60. The third kappa shape index (κ3) is 3.81. The Balaban J connectivity index is 2.87. The lowest BCUT2D eigenvalue weighted by molar-refractivity contribution is -0.130. The maximum absolute atomic E-state index is 11.4. The summed E-state index contributed by atoms with van der Waals surface area (Å²) < 4.78 is 22.0. The van der Waals surface area contributed by atoms with Crippen LogP contribution in [0.1, 0.15) is 13.8 Å². The molecule has 1 aromatic rings. The van der Waals surface area contributed by atoms with Crippen molar-refractivity contribution in [3.05, 3.63) is 24.3 Å². The first-order valence-electron chi connectivity index (χ1n) is 4.77. The van der Waals surface area contributed by atoms with E-state index in [0.717, 1.165) is 0 Å². The van der Waals surface area contributed by atoms with Crippen molar-refractivity contribution >= 4 is 21.6 Å². The standard InChI is InChI=1S/C10H14N2O4S/c1-10(2,14)9(13)12-7-3-5-8(6-4-7)17(11,15)16/h3-6,14H,1-2H3,(H,12,13)(H2,11,15,16). The van der Waals surface area contributed by atoms with Crippen LogP contribution in [0.15, 0.2) is 29.2 Å². The molecule has 0 aromatic heterocycles. The van der Waals surface area contributed by atoms with Gasteiger partial charge in [-0.15, -0.1) is 0 Å². The van der Waals surface area contributed by atoms with E-state index in [1.165, 1.54) is 38.1 Å². The Kier molecular flexibility index (Phi) is 3.56. The van der Waals surface area contributed by atoms with Gasteiger partial charge in [0.15, 0.2) is 0 Å². The number of carbonyl (C=O) groups is 1. The molecular weight excluding hydrogens is 244 g/mol. The molecule has 4 N–H and O–H groups in total. The second-order valence-electron chi connectivity index (χ2n) is 4.08. The van der Waals surface area contributed by atoms with Gasteiger partial charge in [0.2, 0.25) is 10.0 Å². The number of nitrogens with one attached hydrogen (secondary N) is 1. The van der Waals surface area contributed by atoms with Crippen molar-refractivity contribution in [1.29, 1.82) is 0 Å². The summed E-state index contributed by atoms with van der Waals surface area (Å²) in [6.07, 6.45) is 0. The largest absolute Gasteiger partial charge is 0.381 e. The van der Waals surface area contributed by atoms with Crippen molar-refractivity contribution in [2.45, 2.75) is 24.3 Å². The number of rotatable bonds is 3. The van der Waals surface area contributed by atoms with Gasteiger partial charge in [0.25, 0.3) is 5.91 Å². The van der Waals surface area contributed by atoms with Crippen molar-refractivity contribution < 1.29 is 18.3 Å². The number of nitrogens with two attached hydrogens (primary N) is 1. The quantitative estimate of drug-likeness (QED) is 0.711. The van der Waals surface area contributed by atoms with Gasteiger partial charge in [-0.05, 0) is 38.1 Å². The normalized spacial score (nSPS) is 12.2. The van der Waals surface area contributed by atoms with E-state index in [0.29, 0.717) is 5.69 Å². The first kappa shape index (κ1) is 13.6. The van der Waals surface area contributed by atoms with E-state index in [2.05, 4.69) is 5.32 Å². The van der Waals surface area contributed by atoms with E-state index in [-0.39, 0.29) is 4.90 Å². The molecule has 1 rings (SSSR count). The van der Waals surface area contributed by atoms with Gasteiger partial charge in [0.1, 0.15) is 5.60 Å². The summed E-state index contributed by atoms with van der Waals surface area (Å²) in [7, 11) is -3.74. The van der Waals surface area contributed by atoms with Crippen LogP contribution in [-0.4, -0.2) is 25.0 Å². The van der Waals surface area contributed by atoms with E-state index >= 15 is 0 Å². The van der Waals surface area contributed by atoms with E-state index in [1.807, 2.05) is 0 Å². The van der Waals surface area contributed by atoms with Crippen molar-refractivity contribution in [2.75, 3.05) is 5.32 Å². The predicted molar refractivity (Wildman–Crippen MR) is 62.7 cm³/mol. The molecule has 94 valence electrons. The molecule has 0 saturated heterocycles. The number of hydrogen-bond donors (Lipinski definition) is 3. The van der Waals surface area contributed by atoms with Gasteiger partial charge in [-0.3, -0.25) is 4.79 Å². The van der Waals surface area contributed by atoms with Crippen LogP contribution in [0.2, 0.25) is 0 Å². The number of amides is 1. The number of hydrogen-bond acceptors (Lipinski definition) is 4. The molecule has 0 aliphatic carbocycles. The van der Waals surface area contributed by atoms with Crippen molar-refractivity contribution in [1.82, 2.24) is 0 Å². The van der Waals surface area contributed by atoms with Gasteiger partial charge in [-0.1, -0.05) is 0 Å². The molecule has 0 heterocycles. The van der Waals surface area contributed by atoms with Gasteiger partial charge < -0.3 is 10.4 Å². The third-order valence-electron chi connectivity index (χ3n) is 2.00. The molecule has 0 aliphatic heterocycles. The number of sulfonamides is 1. The molecule has 0 spiro atoms. The maximum Gasteiger partial charge on any atom is 0.255 e. The zero-order valence-corrected chi connectivity index (χ0v) is 10.3. The zero-order valence-electron chi connectivity index (χ0n) is 9.47. The molecule has 7 heteroatoms. The Bertz CT molecular complexity index is 514. The molecule has 0 unspecified atom stereocenters. The lowest BCUT2D eigenvalue weighted by atomic mass is 10.1. The number of primary sulfonamides is 1. The molecule has 0 saturated carbocycles. The molecule has 17 heavy (non-hydrogen) atoms. The molecule has 0 atom stereocenters. The van der Waals surface area contributed by atoms with Gasteiger partial charge in [-0.2, -0.15) is 0 Å². The number of anilines is 1. The molecule has 0 fully saturated rings. The van der Waals surface area contributed by atoms with Gasteiger partial charge in [-0.25, -0.2) is 13.6 Å². The van der Waals surface area contributed by atoms with E-state index in [9.17, 15) is 18.3 Å². The fraction of sp³-hybridized carbons (Fsp3) is 0.300. The predicted octanol–water partition coefficient (Wildman–Crippen LogP) is 0.0434. The van der Waals surface area contributed by atoms with Crippen LogP contribution in [0.3, 0.4) is 0 Å². The highest BCUT2D eigenvalue weighted by Gasteiger charge is 2.23. The lowest BCUT2D eigenvalue weighted by Crippen LogP contribution is -2.36. The third-order valence-corrected chi connectivity index (χ3v) is 2.93. The second kappa shape index (κ2) is 4.44. The Hall–Kier alpha value is -1.44. The Morgan fingerprint density at radius 3 is 2.12 bits per heavy atom. The van der Waals surface area contributed by atoms with Crippen molar-refractivity contribution in [2.24, 2.45) is 5.14 Å². The molecule has 0 radical (unpaired) electrons. The van der Waals surface area contributed by atoms with Crippen LogP contribution in [0.25, 0.3) is 0 Å². The highest BCUT2D eigenvalue weighted by Crippen LogP contribution is 2.14. The van der Waals surface area contributed by atoms with Crippen LogP contribution >= 0.6 is 0 Å². The molecular formula is C10H14N2O4S. The average molecular weight is 258 g/mol. The SMILES string of the molecule is CC(C)(O)C(=O)Nc1ccc(S(N)(=O)=O)cc1. The van der Waals surface area contributed by atoms with Crippen LogP contribution in [0.5, 0.6) is 0 Å². The Morgan fingerprint density at radius 1 is 1.29 bits per heavy atom. The highest BCUT2D eigenvalue weighted by atomic mass is 32.2. The summed E-state index contributed by atoms with van der Waals surface area (Å²) in [5.41, 5.74) is -1.12. The van der Waals surface area contributed by atoms with E-state index in [1.54, 1.807) is 0 Å². The molecule has 1 aromatic carbocycles. The second-order valence-corrected chi connectivity index (χ2v) is 5.64. The summed E-state index contributed by atoms with van der Waals surface area (Å²) >= 11 is 0. The molecule has 1 amide bonds. The average Bonchev–Trinajstić information content (AvgIpc) is 2.15. The van der Waals surface area contributed by atoms with Gasteiger partial charge >= 0.3 is 0 Å². The van der Waals surface area contributed by atoms with E-state index in [4.69, 9.17) is 5.14 Å². The topological polar surface area (TPSA) is 109 Å². The monoisotopic (exact) mass is 258 g/mol.